The lowest BCUT2D eigenvalue weighted by Crippen LogP contribution is -2.08. The zero-order valence-corrected chi connectivity index (χ0v) is 15.3. The molecule has 142 valence electrons. The van der Waals surface area contributed by atoms with Gasteiger partial charge in [-0.2, -0.15) is 0 Å². The first-order valence-corrected chi connectivity index (χ1v) is 8.67. The molecule has 1 aromatic heterocycles. The van der Waals surface area contributed by atoms with Crippen molar-refractivity contribution in [1.82, 2.24) is 4.98 Å². The zero-order chi connectivity index (χ0) is 19.9. The summed E-state index contributed by atoms with van der Waals surface area (Å²) in [6.45, 7) is 2.47. The van der Waals surface area contributed by atoms with Crippen LogP contribution in [0.25, 0.3) is 0 Å². The molecule has 0 atom stereocenters. The van der Waals surface area contributed by atoms with Gasteiger partial charge in [0.15, 0.2) is 0 Å². The van der Waals surface area contributed by atoms with Crippen molar-refractivity contribution in [3.63, 3.8) is 0 Å². The van der Waals surface area contributed by atoms with E-state index in [4.69, 9.17) is 4.74 Å². The van der Waals surface area contributed by atoms with Gasteiger partial charge in [-0.15, -0.1) is 0 Å². The number of hydrogen-bond donors (Lipinski definition) is 1. The number of nitrogens with zero attached hydrogens (tertiary/aromatic N) is 2. The second kappa shape index (κ2) is 8.77. The largest absolute Gasteiger partial charge is 0.487 e. The first-order chi connectivity index (χ1) is 13.6. The monoisotopic (exact) mass is 377 g/mol. The molecule has 0 aliphatic carbocycles. The lowest BCUT2D eigenvalue weighted by atomic mass is 10.2. The van der Waals surface area contributed by atoms with Gasteiger partial charge in [0.2, 0.25) is 0 Å². The lowest BCUT2D eigenvalue weighted by Gasteiger charge is -2.13. The number of hydrogen-bond acceptors (Lipinski definition) is 6. The molecule has 0 spiro atoms. The number of carbonyl (C=O) groups excluding carboxylic acids is 1. The van der Waals surface area contributed by atoms with Crippen LogP contribution < -0.4 is 10.1 Å². The predicted molar refractivity (Wildman–Crippen MR) is 106 cm³/mol. The Morgan fingerprint density at radius 1 is 1.14 bits per heavy atom. The molecule has 0 bridgehead atoms. The van der Waals surface area contributed by atoms with Crippen molar-refractivity contribution in [1.29, 1.82) is 0 Å². The summed E-state index contributed by atoms with van der Waals surface area (Å²) in [5.74, 6) is 0.594. The second-order valence-corrected chi connectivity index (χ2v) is 6.18. The first kappa shape index (κ1) is 19.0. The number of ether oxygens (including phenoxy) is 1. The Balaban J connectivity index is 1.80. The fourth-order valence-electron chi connectivity index (χ4n) is 2.70. The summed E-state index contributed by atoms with van der Waals surface area (Å²) in [5, 5.41) is 14.3. The van der Waals surface area contributed by atoms with Crippen LogP contribution in [0.5, 0.6) is 5.75 Å². The molecule has 0 saturated heterocycles. The van der Waals surface area contributed by atoms with Crippen LogP contribution in [0.1, 0.15) is 27.3 Å². The maximum atomic E-state index is 11.3. The summed E-state index contributed by atoms with van der Waals surface area (Å²) in [6.07, 6.45) is 0.647. The first-order valence-electron chi connectivity index (χ1n) is 8.67. The Kier molecular flexibility index (Phi) is 5.96. The van der Waals surface area contributed by atoms with Gasteiger partial charge in [-0.3, -0.25) is 19.9 Å². The molecular weight excluding hydrogens is 358 g/mol. The van der Waals surface area contributed by atoms with Gasteiger partial charge in [-0.05, 0) is 36.8 Å². The van der Waals surface area contributed by atoms with E-state index in [1.165, 1.54) is 18.2 Å². The van der Waals surface area contributed by atoms with Crippen molar-refractivity contribution < 1.29 is 14.5 Å². The predicted octanol–water partition coefficient (Wildman–Crippen LogP) is 4.30. The van der Waals surface area contributed by atoms with Gasteiger partial charge in [0.25, 0.3) is 5.69 Å². The standard InChI is InChI=1S/C21H19N3O4/c1-15-7-10-21(28-14-16-5-3-2-4-6-16)19(23-15)12-22-18-11-17(13-25)8-9-20(18)24(26)27/h2-11,13,22H,12,14H2,1H3. The van der Waals surface area contributed by atoms with E-state index in [0.717, 1.165) is 11.3 Å². The number of aromatic nitrogens is 1. The summed E-state index contributed by atoms with van der Waals surface area (Å²) >= 11 is 0. The second-order valence-electron chi connectivity index (χ2n) is 6.18. The maximum Gasteiger partial charge on any atom is 0.292 e. The average Bonchev–Trinajstić information content (AvgIpc) is 2.71. The highest BCUT2D eigenvalue weighted by Crippen LogP contribution is 2.27. The fraction of sp³-hybridized carbons (Fsp3) is 0.143. The van der Waals surface area contributed by atoms with Crippen LogP contribution in [0.15, 0.2) is 60.7 Å². The molecule has 0 fully saturated rings. The minimum Gasteiger partial charge on any atom is -0.487 e. The number of aldehydes is 1. The highest BCUT2D eigenvalue weighted by Gasteiger charge is 2.15. The lowest BCUT2D eigenvalue weighted by molar-refractivity contribution is -0.384. The molecule has 0 aliphatic heterocycles. The molecule has 3 aromatic rings. The molecule has 3 rings (SSSR count). The molecule has 1 heterocycles. The van der Waals surface area contributed by atoms with E-state index in [-0.39, 0.29) is 17.9 Å². The number of anilines is 1. The van der Waals surface area contributed by atoms with E-state index in [9.17, 15) is 14.9 Å². The minimum absolute atomic E-state index is 0.106. The number of aryl methyl sites for hydroxylation is 1. The third-order valence-electron chi connectivity index (χ3n) is 4.11. The van der Waals surface area contributed by atoms with Gasteiger partial charge in [-0.1, -0.05) is 30.3 Å². The van der Waals surface area contributed by atoms with Crippen LogP contribution in [0.2, 0.25) is 0 Å². The molecule has 7 nitrogen and oxygen atoms in total. The number of nitrogens with one attached hydrogen (secondary N) is 1. The van der Waals surface area contributed by atoms with E-state index in [0.29, 0.717) is 29.9 Å². The van der Waals surface area contributed by atoms with Gasteiger partial charge >= 0.3 is 0 Å². The Labute approximate surface area is 162 Å². The summed E-state index contributed by atoms with van der Waals surface area (Å²) in [6, 6.07) is 17.6. The summed E-state index contributed by atoms with van der Waals surface area (Å²) < 4.78 is 5.90. The Hall–Kier alpha value is -3.74. The maximum absolute atomic E-state index is 11.3. The van der Waals surface area contributed by atoms with E-state index >= 15 is 0 Å². The molecular formula is C21H19N3O4. The Bertz CT molecular complexity index is 990. The normalized spacial score (nSPS) is 10.3. The van der Waals surface area contributed by atoms with Crippen molar-refractivity contribution in [2.75, 3.05) is 5.32 Å². The smallest absolute Gasteiger partial charge is 0.292 e. The number of rotatable bonds is 8. The van der Waals surface area contributed by atoms with Gasteiger partial charge in [0, 0.05) is 17.3 Å². The van der Waals surface area contributed by atoms with Crippen molar-refractivity contribution in [3.8, 4) is 5.75 Å². The topological polar surface area (TPSA) is 94.4 Å². The number of benzene rings is 2. The molecule has 0 radical (unpaired) electrons. The van der Waals surface area contributed by atoms with E-state index in [2.05, 4.69) is 10.3 Å². The van der Waals surface area contributed by atoms with Crippen LogP contribution in [0, 0.1) is 17.0 Å². The van der Waals surface area contributed by atoms with Crippen LogP contribution >= 0.6 is 0 Å². The van der Waals surface area contributed by atoms with Crippen molar-refractivity contribution in [2.24, 2.45) is 0 Å². The van der Waals surface area contributed by atoms with Gasteiger partial charge < -0.3 is 10.1 Å². The number of nitro benzene ring substituents is 1. The highest BCUT2D eigenvalue weighted by molar-refractivity contribution is 5.79. The summed E-state index contributed by atoms with van der Waals surface area (Å²) in [4.78, 5) is 26.3. The summed E-state index contributed by atoms with van der Waals surface area (Å²) in [5.41, 5.74) is 2.96. The van der Waals surface area contributed by atoms with E-state index in [1.54, 1.807) is 0 Å². The Morgan fingerprint density at radius 2 is 1.93 bits per heavy atom. The van der Waals surface area contributed by atoms with Gasteiger partial charge in [0.05, 0.1) is 11.5 Å². The van der Waals surface area contributed by atoms with E-state index in [1.807, 2.05) is 49.4 Å². The molecule has 0 unspecified atom stereocenters. The fourth-order valence-corrected chi connectivity index (χ4v) is 2.70. The molecule has 7 heteroatoms. The van der Waals surface area contributed by atoms with Crippen LogP contribution in [-0.2, 0) is 13.2 Å². The molecule has 0 saturated carbocycles. The zero-order valence-electron chi connectivity index (χ0n) is 15.3. The van der Waals surface area contributed by atoms with Crippen LogP contribution in [0.4, 0.5) is 11.4 Å². The number of pyridine rings is 1. The third-order valence-corrected chi connectivity index (χ3v) is 4.11. The highest BCUT2D eigenvalue weighted by atomic mass is 16.6. The van der Waals surface area contributed by atoms with Crippen molar-refractivity contribution >= 4 is 17.7 Å². The van der Waals surface area contributed by atoms with E-state index < -0.39 is 4.92 Å². The minimum atomic E-state index is -0.493. The number of carbonyl (C=O) groups is 1. The molecule has 28 heavy (non-hydrogen) atoms. The number of nitro groups is 1. The summed E-state index contributed by atoms with van der Waals surface area (Å²) in [7, 11) is 0. The third kappa shape index (κ3) is 4.70. The van der Waals surface area contributed by atoms with Gasteiger partial charge in [-0.25, -0.2) is 0 Å². The van der Waals surface area contributed by atoms with Crippen molar-refractivity contribution in [3.05, 3.63) is 93.3 Å². The quantitative estimate of drug-likeness (QED) is 0.357. The van der Waals surface area contributed by atoms with Crippen LogP contribution in [-0.4, -0.2) is 16.2 Å². The average molecular weight is 377 g/mol. The Morgan fingerprint density at radius 3 is 2.64 bits per heavy atom. The van der Waals surface area contributed by atoms with Crippen LogP contribution in [0.3, 0.4) is 0 Å². The van der Waals surface area contributed by atoms with Crippen molar-refractivity contribution in [2.45, 2.75) is 20.1 Å². The molecule has 0 aliphatic rings. The SMILES string of the molecule is Cc1ccc(OCc2ccccc2)c(CNc2cc(C=O)ccc2[N+](=O)[O-])n1. The molecule has 0 amide bonds. The van der Waals surface area contributed by atoms with Gasteiger partial charge in [0.1, 0.15) is 30.0 Å². The molecule has 2 aromatic carbocycles. The molecule has 1 N–H and O–H groups in total.